The number of hydrogen-bond acceptors (Lipinski definition) is 2. The average Bonchev–Trinajstić information content (AvgIpc) is 3.00. The average molecular weight is 224 g/mol. The van der Waals surface area contributed by atoms with Crippen molar-refractivity contribution in [1.82, 2.24) is 14.3 Å². The maximum Gasteiger partial charge on any atom is 0.140 e. The van der Waals surface area contributed by atoms with Crippen molar-refractivity contribution in [1.29, 1.82) is 0 Å². The molecule has 84 valence electrons. The van der Waals surface area contributed by atoms with Gasteiger partial charge in [-0.15, -0.1) is 0 Å². The molecule has 0 saturated carbocycles. The van der Waals surface area contributed by atoms with Crippen LogP contribution in [-0.2, 0) is 0 Å². The first-order valence-corrected chi connectivity index (χ1v) is 5.38. The van der Waals surface area contributed by atoms with E-state index in [4.69, 9.17) is 5.73 Å². The van der Waals surface area contributed by atoms with Gasteiger partial charge in [-0.25, -0.2) is 4.68 Å². The van der Waals surface area contributed by atoms with E-state index in [2.05, 4.69) is 5.10 Å². The summed E-state index contributed by atoms with van der Waals surface area (Å²) in [6, 6.07) is 13.6. The highest BCUT2D eigenvalue weighted by atomic mass is 15.3. The number of para-hydroxylation sites is 2. The number of nitrogen functional groups attached to an aromatic ring is 1. The van der Waals surface area contributed by atoms with Crippen LogP contribution < -0.4 is 5.73 Å². The Labute approximate surface area is 98.9 Å². The zero-order valence-corrected chi connectivity index (χ0v) is 9.19. The van der Waals surface area contributed by atoms with Crippen molar-refractivity contribution in [3.63, 3.8) is 0 Å². The first-order chi connectivity index (χ1) is 8.36. The quantitative estimate of drug-likeness (QED) is 0.679. The molecule has 0 bridgehead atoms. The van der Waals surface area contributed by atoms with E-state index in [-0.39, 0.29) is 0 Å². The van der Waals surface area contributed by atoms with Gasteiger partial charge in [0, 0.05) is 18.5 Å². The Morgan fingerprint density at radius 1 is 0.941 bits per heavy atom. The number of benzene rings is 1. The van der Waals surface area contributed by atoms with Crippen LogP contribution in [0.3, 0.4) is 0 Å². The van der Waals surface area contributed by atoms with Crippen molar-refractivity contribution in [2.24, 2.45) is 0 Å². The standard InChI is InChI=1S/C13H12N4/c14-11-5-1-2-6-12(11)17-13(7-8-15-17)16-9-3-4-10-16/h1-10H,14H2. The number of aromatic nitrogens is 3. The molecule has 4 nitrogen and oxygen atoms in total. The van der Waals surface area contributed by atoms with Crippen LogP contribution in [0.25, 0.3) is 11.5 Å². The fourth-order valence-corrected chi connectivity index (χ4v) is 1.85. The Bertz CT molecular complexity index is 622. The van der Waals surface area contributed by atoms with E-state index in [0.717, 1.165) is 11.5 Å². The lowest BCUT2D eigenvalue weighted by molar-refractivity contribution is 0.825. The summed E-state index contributed by atoms with van der Waals surface area (Å²) in [6.45, 7) is 0. The smallest absolute Gasteiger partial charge is 0.140 e. The van der Waals surface area contributed by atoms with Crippen LogP contribution in [0.5, 0.6) is 0 Å². The molecule has 0 amide bonds. The third-order valence-corrected chi connectivity index (χ3v) is 2.66. The maximum absolute atomic E-state index is 5.96. The van der Waals surface area contributed by atoms with Crippen molar-refractivity contribution >= 4 is 5.69 Å². The fraction of sp³-hybridized carbons (Fsp3) is 0. The van der Waals surface area contributed by atoms with E-state index in [1.807, 2.05) is 64.1 Å². The van der Waals surface area contributed by atoms with Gasteiger partial charge in [-0.1, -0.05) is 12.1 Å². The van der Waals surface area contributed by atoms with Crippen molar-refractivity contribution in [2.45, 2.75) is 0 Å². The third kappa shape index (κ3) is 1.59. The van der Waals surface area contributed by atoms with E-state index >= 15 is 0 Å². The normalized spacial score (nSPS) is 10.6. The molecule has 2 heterocycles. The Morgan fingerprint density at radius 3 is 2.47 bits per heavy atom. The topological polar surface area (TPSA) is 48.8 Å². The molecule has 1 aromatic carbocycles. The van der Waals surface area contributed by atoms with Crippen LogP contribution in [-0.4, -0.2) is 14.3 Å². The molecule has 0 aliphatic rings. The van der Waals surface area contributed by atoms with Gasteiger partial charge in [0.25, 0.3) is 0 Å². The molecule has 0 radical (unpaired) electrons. The molecule has 0 saturated heterocycles. The highest BCUT2D eigenvalue weighted by Gasteiger charge is 2.07. The largest absolute Gasteiger partial charge is 0.397 e. The lowest BCUT2D eigenvalue weighted by Gasteiger charge is -2.10. The van der Waals surface area contributed by atoms with E-state index < -0.39 is 0 Å². The Morgan fingerprint density at radius 2 is 1.71 bits per heavy atom. The zero-order chi connectivity index (χ0) is 11.7. The van der Waals surface area contributed by atoms with Crippen LogP contribution in [0.1, 0.15) is 0 Å². The monoisotopic (exact) mass is 224 g/mol. The van der Waals surface area contributed by atoms with Crippen LogP contribution in [0.15, 0.2) is 61.1 Å². The van der Waals surface area contributed by atoms with Gasteiger partial charge in [0.15, 0.2) is 0 Å². The first kappa shape index (κ1) is 9.72. The fourth-order valence-electron chi connectivity index (χ4n) is 1.85. The lowest BCUT2D eigenvalue weighted by Crippen LogP contribution is -2.06. The molecule has 3 rings (SSSR count). The van der Waals surface area contributed by atoms with Gasteiger partial charge >= 0.3 is 0 Å². The summed E-state index contributed by atoms with van der Waals surface area (Å²) in [5, 5.41) is 4.32. The molecule has 3 aromatic rings. The van der Waals surface area contributed by atoms with Crippen LogP contribution >= 0.6 is 0 Å². The minimum atomic E-state index is 0.713. The predicted octanol–water partition coefficient (Wildman–Crippen LogP) is 2.25. The SMILES string of the molecule is Nc1ccccc1-n1nccc1-n1cccc1. The van der Waals surface area contributed by atoms with E-state index in [1.54, 1.807) is 6.20 Å². The Kier molecular flexibility index (Phi) is 2.19. The molecule has 0 spiro atoms. The highest BCUT2D eigenvalue weighted by Crippen LogP contribution is 2.19. The summed E-state index contributed by atoms with van der Waals surface area (Å²) in [5.41, 5.74) is 7.57. The van der Waals surface area contributed by atoms with Gasteiger partial charge in [-0.05, 0) is 24.3 Å². The summed E-state index contributed by atoms with van der Waals surface area (Å²) >= 11 is 0. The number of rotatable bonds is 2. The minimum absolute atomic E-state index is 0.713. The maximum atomic E-state index is 5.96. The number of nitrogens with two attached hydrogens (primary N) is 1. The van der Waals surface area contributed by atoms with Gasteiger partial charge in [0.1, 0.15) is 5.82 Å². The molecule has 0 aliphatic carbocycles. The molecular formula is C13H12N4. The Balaban J connectivity index is 2.17. The molecule has 2 aromatic heterocycles. The van der Waals surface area contributed by atoms with Gasteiger partial charge in [-0.2, -0.15) is 5.10 Å². The second-order valence-electron chi connectivity index (χ2n) is 3.75. The molecular weight excluding hydrogens is 212 g/mol. The predicted molar refractivity (Wildman–Crippen MR) is 67.3 cm³/mol. The number of hydrogen-bond donors (Lipinski definition) is 1. The Hall–Kier alpha value is -2.49. The highest BCUT2D eigenvalue weighted by molar-refractivity contribution is 5.58. The summed E-state index contributed by atoms with van der Waals surface area (Å²) in [5.74, 6) is 0.966. The first-order valence-electron chi connectivity index (χ1n) is 5.38. The van der Waals surface area contributed by atoms with Gasteiger partial charge < -0.3 is 10.3 Å². The number of nitrogens with zero attached hydrogens (tertiary/aromatic N) is 3. The van der Waals surface area contributed by atoms with Gasteiger partial charge in [0.05, 0.1) is 17.6 Å². The van der Waals surface area contributed by atoms with Crippen molar-refractivity contribution in [2.75, 3.05) is 5.73 Å². The molecule has 17 heavy (non-hydrogen) atoms. The molecule has 0 atom stereocenters. The van der Waals surface area contributed by atoms with Gasteiger partial charge in [-0.3, -0.25) is 0 Å². The van der Waals surface area contributed by atoms with Crippen LogP contribution in [0, 0.1) is 0 Å². The number of anilines is 1. The van der Waals surface area contributed by atoms with E-state index in [9.17, 15) is 0 Å². The van der Waals surface area contributed by atoms with Crippen LogP contribution in [0.2, 0.25) is 0 Å². The summed E-state index contributed by atoms with van der Waals surface area (Å²) in [6.07, 6.45) is 5.72. The minimum Gasteiger partial charge on any atom is -0.397 e. The summed E-state index contributed by atoms with van der Waals surface area (Å²) in [7, 11) is 0. The van der Waals surface area contributed by atoms with E-state index in [0.29, 0.717) is 5.69 Å². The van der Waals surface area contributed by atoms with E-state index in [1.165, 1.54) is 0 Å². The zero-order valence-electron chi connectivity index (χ0n) is 9.19. The van der Waals surface area contributed by atoms with Crippen molar-refractivity contribution in [3.8, 4) is 11.5 Å². The lowest BCUT2D eigenvalue weighted by atomic mass is 10.3. The summed E-state index contributed by atoms with van der Waals surface area (Å²) in [4.78, 5) is 0. The van der Waals surface area contributed by atoms with Crippen molar-refractivity contribution < 1.29 is 0 Å². The molecule has 0 fully saturated rings. The van der Waals surface area contributed by atoms with Crippen molar-refractivity contribution in [3.05, 3.63) is 61.1 Å². The second-order valence-corrected chi connectivity index (χ2v) is 3.75. The molecule has 0 aliphatic heterocycles. The summed E-state index contributed by atoms with van der Waals surface area (Å²) < 4.78 is 3.83. The third-order valence-electron chi connectivity index (χ3n) is 2.66. The molecule has 4 heteroatoms. The molecule has 2 N–H and O–H groups in total. The van der Waals surface area contributed by atoms with Gasteiger partial charge in [0.2, 0.25) is 0 Å². The second kappa shape index (κ2) is 3.83. The van der Waals surface area contributed by atoms with Crippen LogP contribution in [0.4, 0.5) is 5.69 Å². The molecule has 0 unspecified atom stereocenters.